The molecule has 2 aromatic carbocycles. The minimum atomic E-state index is -0.368. The van der Waals surface area contributed by atoms with Crippen LogP contribution in [0.25, 0.3) is 15.9 Å². The fourth-order valence-electron chi connectivity index (χ4n) is 3.45. The van der Waals surface area contributed by atoms with Gasteiger partial charge in [0.1, 0.15) is 10.6 Å². The zero-order valence-electron chi connectivity index (χ0n) is 16.9. The van der Waals surface area contributed by atoms with Crippen LogP contribution in [0.5, 0.6) is 5.75 Å². The Balaban J connectivity index is 1.96. The van der Waals surface area contributed by atoms with Crippen LogP contribution >= 0.6 is 22.9 Å². The number of halogens is 1. The van der Waals surface area contributed by atoms with Gasteiger partial charge in [-0.2, -0.15) is 0 Å². The zero-order chi connectivity index (χ0) is 21.4. The molecule has 0 spiro atoms. The number of aryl methyl sites for hydroxylation is 2. The summed E-state index contributed by atoms with van der Waals surface area (Å²) in [5.74, 6) is 0.694. The van der Waals surface area contributed by atoms with E-state index < -0.39 is 0 Å². The summed E-state index contributed by atoms with van der Waals surface area (Å²) in [6.07, 6.45) is 0. The van der Waals surface area contributed by atoms with Gasteiger partial charge < -0.3 is 4.74 Å². The van der Waals surface area contributed by atoms with E-state index in [1.54, 1.807) is 41.0 Å². The largest absolute Gasteiger partial charge is 0.494 e. The summed E-state index contributed by atoms with van der Waals surface area (Å²) in [4.78, 5) is 28.5. The Bertz CT molecular complexity index is 1330. The molecule has 30 heavy (non-hydrogen) atoms. The average molecular weight is 441 g/mol. The molecule has 0 saturated heterocycles. The second-order valence-electron chi connectivity index (χ2n) is 7.03. The van der Waals surface area contributed by atoms with E-state index in [2.05, 4.69) is 0 Å². The highest BCUT2D eigenvalue weighted by Crippen LogP contribution is 2.28. The molecule has 4 aromatic rings. The highest BCUT2D eigenvalue weighted by molar-refractivity contribution is 7.18. The molecule has 0 N–H and O–H groups in total. The SMILES string of the molecule is CCOc1ccc(-n2c(=O)c3c(C)c(C)sc3n(Cc3ccc(Cl)cc3)c2=O)cc1. The normalized spacial score (nSPS) is 11.2. The molecule has 0 aliphatic rings. The minimum absolute atomic E-state index is 0.298. The first kappa shape index (κ1) is 20.4. The second-order valence-corrected chi connectivity index (χ2v) is 8.67. The molecule has 0 bridgehead atoms. The van der Waals surface area contributed by atoms with E-state index >= 15 is 0 Å². The molecule has 7 heteroatoms. The van der Waals surface area contributed by atoms with E-state index in [1.807, 2.05) is 32.9 Å². The lowest BCUT2D eigenvalue weighted by molar-refractivity contribution is 0.340. The molecule has 0 saturated carbocycles. The second kappa shape index (κ2) is 8.13. The van der Waals surface area contributed by atoms with Crippen molar-refractivity contribution in [2.75, 3.05) is 6.61 Å². The van der Waals surface area contributed by atoms with Crippen LogP contribution in [-0.2, 0) is 6.54 Å². The van der Waals surface area contributed by atoms with Crippen LogP contribution in [0.3, 0.4) is 0 Å². The van der Waals surface area contributed by atoms with Gasteiger partial charge in [0.25, 0.3) is 5.56 Å². The maximum Gasteiger partial charge on any atom is 0.337 e. The molecule has 154 valence electrons. The van der Waals surface area contributed by atoms with Gasteiger partial charge in [0.05, 0.1) is 24.2 Å². The Morgan fingerprint density at radius 2 is 1.67 bits per heavy atom. The number of fused-ring (bicyclic) bond motifs is 1. The van der Waals surface area contributed by atoms with Crippen LogP contribution in [-0.4, -0.2) is 15.7 Å². The van der Waals surface area contributed by atoms with Gasteiger partial charge in [-0.15, -0.1) is 11.3 Å². The first-order chi connectivity index (χ1) is 14.4. The zero-order valence-corrected chi connectivity index (χ0v) is 18.5. The van der Waals surface area contributed by atoms with E-state index in [9.17, 15) is 9.59 Å². The van der Waals surface area contributed by atoms with Crippen LogP contribution in [0.15, 0.2) is 58.1 Å². The average Bonchev–Trinajstić information content (AvgIpc) is 3.03. The quantitative estimate of drug-likeness (QED) is 0.442. The Morgan fingerprint density at radius 1 is 1.00 bits per heavy atom. The lowest BCUT2D eigenvalue weighted by Crippen LogP contribution is -2.38. The summed E-state index contributed by atoms with van der Waals surface area (Å²) in [7, 11) is 0. The minimum Gasteiger partial charge on any atom is -0.494 e. The lowest BCUT2D eigenvalue weighted by atomic mass is 10.2. The maximum atomic E-state index is 13.5. The summed E-state index contributed by atoms with van der Waals surface area (Å²) >= 11 is 7.48. The first-order valence-electron chi connectivity index (χ1n) is 9.64. The Hall–Kier alpha value is -2.83. The molecule has 0 aliphatic carbocycles. The fraction of sp³-hybridized carbons (Fsp3) is 0.217. The van der Waals surface area contributed by atoms with Gasteiger partial charge in [-0.05, 0) is 68.3 Å². The number of hydrogen-bond acceptors (Lipinski definition) is 4. The number of ether oxygens (including phenoxy) is 1. The van der Waals surface area contributed by atoms with E-state index in [4.69, 9.17) is 16.3 Å². The molecule has 5 nitrogen and oxygen atoms in total. The van der Waals surface area contributed by atoms with Gasteiger partial charge in [-0.1, -0.05) is 23.7 Å². The van der Waals surface area contributed by atoms with Crippen molar-refractivity contribution in [1.29, 1.82) is 0 Å². The number of thiophene rings is 1. The number of nitrogens with zero attached hydrogens (tertiary/aromatic N) is 2. The van der Waals surface area contributed by atoms with E-state index in [0.29, 0.717) is 39.8 Å². The summed E-state index contributed by atoms with van der Waals surface area (Å²) in [6, 6.07) is 14.4. The number of benzene rings is 2. The molecular formula is C23H21ClN2O3S. The highest BCUT2D eigenvalue weighted by Gasteiger charge is 2.19. The van der Waals surface area contributed by atoms with Crippen molar-refractivity contribution < 1.29 is 4.74 Å². The predicted molar refractivity (Wildman–Crippen MR) is 123 cm³/mol. The molecule has 0 atom stereocenters. The monoisotopic (exact) mass is 440 g/mol. The number of hydrogen-bond donors (Lipinski definition) is 0. The fourth-order valence-corrected chi connectivity index (χ4v) is 4.72. The van der Waals surface area contributed by atoms with E-state index in [0.717, 1.165) is 16.0 Å². The number of aromatic nitrogens is 2. The summed E-state index contributed by atoms with van der Waals surface area (Å²) in [6.45, 7) is 6.70. The lowest BCUT2D eigenvalue weighted by Gasteiger charge is -2.13. The summed E-state index contributed by atoms with van der Waals surface area (Å²) in [5, 5.41) is 1.22. The summed E-state index contributed by atoms with van der Waals surface area (Å²) < 4.78 is 8.39. The smallest absolute Gasteiger partial charge is 0.337 e. The van der Waals surface area contributed by atoms with Gasteiger partial charge in [-0.3, -0.25) is 9.36 Å². The van der Waals surface area contributed by atoms with Crippen molar-refractivity contribution >= 4 is 33.2 Å². The summed E-state index contributed by atoms with van der Waals surface area (Å²) in [5.41, 5.74) is 1.69. The van der Waals surface area contributed by atoms with Crippen molar-refractivity contribution in [2.45, 2.75) is 27.3 Å². The van der Waals surface area contributed by atoms with Crippen molar-refractivity contribution in [3.05, 3.63) is 90.4 Å². The van der Waals surface area contributed by atoms with Crippen molar-refractivity contribution in [3.63, 3.8) is 0 Å². The standard InChI is InChI=1S/C23H21ClN2O3S/c1-4-29-19-11-9-18(10-12-19)26-21(27)20-14(2)15(3)30-22(20)25(23(26)28)13-16-5-7-17(24)8-6-16/h5-12H,4,13H2,1-3H3. The van der Waals surface area contributed by atoms with Crippen LogP contribution in [0.4, 0.5) is 0 Å². The van der Waals surface area contributed by atoms with Crippen molar-refractivity contribution in [1.82, 2.24) is 9.13 Å². The third kappa shape index (κ3) is 3.57. The molecule has 0 amide bonds. The van der Waals surface area contributed by atoms with Crippen molar-refractivity contribution in [2.24, 2.45) is 0 Å². The highest BCUT2D eigenvalue weighted by atomic mass is 35.5. The van der Waals surface area contributed by atoms with E-state index in [1.165, 1.54) is 15.9 Å². The number of rotatable bonds is 5. The van der Waals surface area contributed by atoms with Crippen LogP contribution < -0.4 is 16.0 Å². The molecule has 2 aromatic heterocycles. The van der Waals surface area contributed by atoms with Crippen molar-refractivity contribution in [3.8, 4) is 11.4 Å². The molecule has 4 rings (SSSR count). The molecule has 0 unspecified atom stereocenters. The molecule has 0 fully saturated rings. The van der Waals surface area contributed by atoms with Crippen LogP contribution in [0.1, 0.15) is 22.9 Å². The topological polar surface area (TPSA) is 53.2 Å². The molecule has 0 aliphatic heterocycles. The first-order valence-corrected chi connectivity index (χ1v) is 10.8. The maximum absolute atomic E-state index is 13.5. The van der Waals surface area contributed by atoms with Crippen LogP contribution in [0.2, 0.25) is 5.02 Å². The van der Waals surface area contributed by atoms with Gasteiger partial charge >= 0.3 is 5.69 Å². The molecular weight excluding hydrogens is 420 g/mol. The Labute approximate surface area is 182 Å². The molecule has 0 radical (unpaired) electrons. The molecule has 2 heterocycles. The Morgan fingerprint density at radius 3 is 2.30 bits per heavy atom. The van der Waals surface area contributed by atoms with Gasteiger partial charge in [-0.25, -0.2) is 9.36 Å². The third-order valence-corrected chi connectivity index (χ3v) is 6.59. The predicted octanol–water partition coefficient (Wildman–Crippen LogP) is 4.93. The van der Waals surface area contributed by atoms with Gasteiger partial charge in [0, 0.05) is 9.90 Å². The Kier molecular flexibility index (Phi) is 5.54. The van der Waals surface area contributed by atoms with Crippen LogP contribution in [0, 0.1) is 13.8 Å². The van der Waals surface area contributed by atoms with Gasteiger partial charge in [0.15, 0.2) is 0 Å². The van der Waals surface area contributed by atoms with E-state index in [-0.39, 0.29) is 11.2 Å². The van der Waals surface area contributed by atoms with Gasteiger partial charge in [0.2, 0.25) is 0 Å². The third-order valence-electron chi connectivity index (χ3n) is 5.11.